The van der Waals surface area contributed by atoms with Crippen LogP contribution in [0, 0.1) is 5.95 Å². The van der Waals surface area contributed by atoms with Crippen molar-refractivity contribution in [3.05, 3.63) is 35.9 Å². The third-order valence-corrected chi connectivity index (χ3v) is 3.96. The number of hydrogen-bond acceptors (Lipinski definition) is 5. The summed E-state index contributed by atoms with van der Waals surface area (Å²) in [6, 6.07) is 2.09. The number of nitrogens with one attached hydrogen (secondary N) is 1. The van der Waals surface area contributed by atoms with Gasteiger partial charge >= 0.3 is 0 Å². The Morgan fingerprint density at radius 3 is 2.96 bits per heavy atom. The highest BCUT2D eigenvalue weighted by molar-refractivity contribution is 5.76. The summed E-state index contributed by atoms with van der Waals surface area (Å²) in [7, 11) is 0. The van der Waals surface area contributed by atoms with E-state index >= 15 is 0 Å². The monoisotopic (exact) mass is 323 g/mol. The van der Waals surface area contributed by atoms with Crippen molar-refractivity contribution in [2.24, 2.45) is 0 Å². The van der Waals surface area contributed by atoms with E-state index in [2.05, 4.69) is 10.3 Å². The standard InChI is InChI=1S/C16H22FN3O3/c1-2-15(22)19-12-9-20(13(10-21)16(12)23)7-3-4-11-5-6-14(17)18-8-11/h3-6,8,12-13,16,21,23H,2,7,9-10H2,1H3,(H,19,22)/t12-,13-,16+/m0/s1. The minimum absolute atomic E-state index is 0.125. The van der Waals surface area contributed by atoms with Gasteiger partial charge in [0.05, 0.1) is 24.8 Å². The molecule has 0 aliphatic carbocycles. The summed E-state index contributed by atoms with van der Waals surface area (Å²) < 4.78 is 12.7. The van der Waals surface area contributed by atoms with Crippen molar-refractivity contribution in [3.8, 4) is 0 Å². The van der Waals surface area contributed by atoms with Gasteiger partial charge in [-0.2, -0.15) is 4.39 Å². The largest absolute Gasteiger partial charge is 0.395 e. The van der Waals surface area contributed by atoms with Crippen molar-refractivity contribution < 1.29 is 19.4 Å². The molecule has 6 nitrogen and oxygen atoms in total. The molecule has 2 heterocycles. The number of rotatable bonds is 6. The zero-order valence-corrected chi connectivity index (χ0v) is 13.0. The molecule has 23 heavy (non-hydrogen) atoms. The van der Waals surface area contributed by atoms with Gasteiger partial charge in [-0.15, -0.1) is 0 Å². The number of hydrogen-bond donors (Lipinski definition) is 3. The van der Waals surface area contributed by atoms with Crippen LogP contribution < -0.4 is 5.32 Å². The molecule has 7 heteroatoms. The Labute approximate surface area is 134 Å². The second-order valence-corrected chi connectivity index (χ2v) is 5.54. The van der Waals surface area contributed by atoms with E-state index in [1.54, 1.807) is 19.1 Å². The first-order valence-corrected chi connectivity index (χ1v) is 7.65. The third-order valence-electron chi connectivity index (χ3n) is 3.96. The lowest BCUT2D eigenvalue weighted by molar-refractivity contribution is -0.122. The fourth-order valence-corrected chi connectivity index (χ4v) is 2.66. The highest BCUT2D eigenvalue weighted by atomic mass is 19.1. The molecular weight excluding hydrogens is 301 g/mol. The van der Waals surface area contributed by atoms with Crippen molar-refractivity contribution in [3.63, 3.8) is 0 Å². The van der Waals surface area contributed by atoms with Crippen molar-refractivity contribution in [1.82, 2.24) is 15.2 Å². The minimum atomic E-state index is -0.809. The first-order valence-electron chi connectivity index (χ1n) is 7.65. The van der Waals surface area contributed by atoms with E-state index < -0.39 is 18.1 Å². The second-order valence-electron chi connectivity index (χ2n) is 5.54. The molecule has 2 rings (SSSR count). The Morgan fingerprint density at radius 1 is 1.57 bits per heavy atom. The molecule has 0 radical (unpaired) electrons. The van der Waals surface area contributed by atoms with E-state index in [4.69, 9.17) is 0 Å². The van der Waals surface area contributed by atoms with Crippen LogP contribution in [0.2, 0.25) is 0 Å². The molecule has 0 spiro atoms. The van der Waals surface area contributed by atoms with Gasteiger partial charge in [-0.3, -0.25) is 9.69 Å². The summed E-state index contributed by atoms with van der Waals surface area (Å²) in [4.78, 5) is 17.0. The van der Waals surface area contributed by atoms with E-state index in [9.17, 15) is 19.4 Å². The zero-order valence-electron chi connectivity index (χ0n) is 13.0. The highest BCUT2D eigenvalue weighted by Crippen LogP contribution is 2.18. The van der Waals surface area contributed by atoms with Gasteiger partial charge in [-0.1, -0.05) is 19.1 Å². The van der Waals surface area contributed by atoms with E-state index in [1.807, 2.05) is 11.0 Å². The molecule has 1 aromatic rings. The number of amides is 1. The normalized spacial score (nSPS) is 25.1. The summed E-state index contributed by atoms with van der Waals surface area (Å²) in [5.41, 5.74) is 0.766. The zero-order chi connectivity index (χ0) is 16.8. The smallest absolute Gasteiger partial charge is 0.220 e. The molecule has 1 aliphatic heterocycles. The van der Waals surface area contributed by atoms with Crippen molar-refractivity contribution >= 4 is 12.0 Å². The summed E-state index contributed by atoms with van der Waals surface area (Å²) in [6.07, 6.45) is 4.62. The molecule has 1 aromatic heterocycles. The fourth-order valence-electron chi connectivity index (χ4n) is 2.66. The summed E-state index contributed by atoms with van der Waals surface area (Å²) >= 11 is 0. The molecule has 3 N–H and O–H groups in total. The van der Waals surface area contributed by atoms with Gasteiger partial charge in [-0.05, 0) is 17.7 Å². The number of halogens is 1. The molecular formula is C16H22FN3O3. The molecule has 3 atom stereocenters. The number of carbonyl (C=O) groups excluding carboxylic acids is 1. The highest BCUT2D eigenvalue weighted by Gasteiger charge is 2.40. The molecule has 0 bridgehead atoms. The third kappa shape index (κ3) is 4.57. The number of carbonyl (C=O) groups is 1. The average molecular weight is 323 g/mol. The molecule has 0 aromatic carbocycles. The van der Waals surface area contributed by atoms with Gasteiger partial charge in [0.1, 0.15) is 0 Å². The molecule has 1 amide bonds. The second kappa shape index (κ2) is 8.14. The maximum atomic E-state index is 12.7. The van der Waals surface area contributed by atoms with Crippen LogP contribution in [-0.2, 0) is 4.79 Å². The topological polar surface area (TPSA) is 85.7 Å². The first-order chi connectivity index (χ1) is 11.0. The number of nitrogens with zero attached hydrogens (tertiary/aromatic N) is 2. The quantitative estimate of drug-likeness (QED) is 0.650. The number of pyridine rings is 1. The van der Waals surface area contributed by atoms with Crippen LogP contribution in [0.4, 0.5) is 4.39 Å². The number of aliphatic hydroxyl groups excluding tert-OH is 2. The van der Waals surface area contributed by atoms with Crippen LogP contribution in [0.25, 0.3) is 6.08 Å². The minimum Gasteiger partial charge on any atom is -0.395 e. The van der Waals surface area contributed by atoms with Crippen LogP contribution in [0.15, 0.2) is 24.4 Å². The lowest BCUT2D eigenvalue weighted by Crippen LogP contribution is -2.45. The van der Waals surface area contributed by atoms with Gasteiger partial charge in [0, 0.05) is 25.7 Å². The Bertz CT molecular complexity index is 550. The Morgan fingerprint density at radius 2 is 2.35 bits per heavy atom. The average Bonchev–Trinajstić information content (AvgIpc) is 2.84. The van der Waals surface area contributed by atoms with Crippen molar-refractivity contribution in [2.45, 2.75) is 31.5 Å². The van der Waals surface area contributed by atoms with Crippen molar-refractivity contribution in [1.29, 1.82) is 0 Å². The molecule has 1 saturated heterocycles. The van der Waals surface area contributed by atoms with Crippen LogP contribution in [0.3, 0.4) is 0 Å². The number of aliphatic hydroxyl groups is 2. The summed E-state index contributed by atoms with van der Waals surface area (Å²) in [5, 5.41) is 22.5. The van der Waals surface area contributed by atoms with Crippen LogP contribution in [0.1, 0.15) is 18.9 Å². The maximum absolute atomic E-state index is 12.7. The Balaban J connectivity index is 1.95. The Hall–Kier alpha value is -1.83. The molecule has 0 unspecified atom stereocenters. The first kappa shape index (κ1) is 17.5. The Kier molecular flexibility index (Phi) is 6.20. The predicted molar refractivity (Wildman–Crippen MR) is 83.9 cm³/mol. The van der Waals surface area contributed by atoms with E-state index in [0.717, 1.165) is 5.56 Å². The SMILES string of the molecule is CCC(=O)N[C@H]1CN(CC=Cc2ccc(F)nc2)[C@@H](CO)[C@@H]1O. The van der Waals surface area contributed by atoms with E-state index in [0.29, 0.717) is 19.5 Å². The van der Waals surface area contributed by atoms with Gasteiger partial charge in [0.25, 0.3) is 0 Å². The molecule has 1 aliphatic rings. The van der Waals surface area contributed by atoms with Crippen LogP contribution >= 0.6 is 0 Å². The number of aromatic nitrogens is 1. The van der Waals surface area contributed by atoms with Crippen LogP contribution in [-0.4, -0.2) is 63.9 Å². The van der Waals surface area contributed by atoms with Gasteiger partial charge < -0.3 is 15.5 Å². The van der Waals surface area contributed by atoms with Gasteiger partial charge in [-0.25, -0.2) is 4.98 Å². The van der Waals surface area contributed by atoms with Gasteiger partial charge in [0.15, 0.2) is 0 Å². The molecule has 0 saturated carbocycles. The van der Waals surface area contributed by atoms with Crippen LogP contribution in [0.5, 0.6) is 0 Å². The maximum Gasteiger partial charge on any atom is 0.220 e. The van der Waals surface area contributed by atoms with E-state index in [-0.39, 0.29) is 18.6 Å². The fraction of sp³-hybridized carbons (Fsp3) is 0.500. The van der Waals surface area contributed by atoms with Gasteiger partial charge in [0.2, 0.25) is 11.9 Å². The molecule has 1 fully saturated rings. The lowest BCUT2D eigenvalue weighted by Gasteiger charge is -2.22. The molecule has 126 valence electrons. The van der Waals surface area contributed by atoms with E-state index in [1.165, 1.54) is 12.3 Å². The van der Waals surface area contributed by atoms with Crippen molar-refractivity contribution in [2.75, 3.05) is 19.7 Å². The summed E-state index contributed by atoms with van der Waals surface area (Å²) in [5.74, 6) is -0.653. The lowest BCUT2D eigenvalue weighted by atomic mass is 10.1. The predicted octanol–water partition coefficient (Wildman–Crippen LogP) is 0.166. The summed E-state index contributed by atoms with van der Waals surface area (Å²) in [6.45, 7) is 2.52. The number of likely N-dealkylation sites (tertiary alicyclic amines) is 1.